The lowest BCUT2D eigenvalue weighted by Crippen LogP contribution is -2.29. The van der Waals surface area contributed by atoms with Gasteiger partial charge < -0.3 is 0 Å². The highest BCUT2D eigenvalue weighted by Gasteiger charge is 2.15. The summed E-state index contributed by atoms with van der Waals surface area (Å²) in [6.07, 6.45) is 2.88. The third-order valence-electron chi connectivity index (χ3n) is 3.86. The van der Waals surface area contributed by atoms with E-state index in [0.29, 0.717) is 0 Å². The lowest BCUT2D eigenvalue weighted by molar-refractivity contribution is 0.630. The van der Waals surface area contributed by atoms with Gasteiger partial charge in [-0.2, -0.15) is 0 Å². The molecule has 3 aromatic rings. The summed E-state index contributed by atoms with van der Waals surface area (Å²) in [6, 6.07) is 18.6. The van der Waals surface area contributed by atoms with Crippen LogP contribution in [0, 0.1) is 0 Å². The van der Waals surface area contributed by atoms with Crippen molar-refractivity contribution in [1.29, 1.82) is 0 Å². The van der Waals surface area contributed by atoms with Crippen LogP contribution in [0.5, 0.6) is 0 Å². The molecule has 3 rings (SSSR count). The van der Waals surface area contributed by atoms with Crippen molar-refractivity contribution in [3.8, 4) is 0 Å². The normalized spacial score (nSPS) is 12.5. The quantitative estimate of drug-likeness (QED) is 0.568. The van der Waals surface area contributed by atoms with Crippen LogP contribution in [0.25, 0.3) is 10.9 Å². The van der Waals surface area contributed by atoms with Crippen LogP contribution in [0.1, 0.15) is 29.7 Å². The molecule has 0 radical (unpaired) electrons. The van der Waals surface area contributed by atoms with E-state index in [1.54, 1.807) is 0 Å². The molecule has 1 atom stereocenters. The highest BCUT2D eigenvalue weighted by molar-refractivity contribution is 5.79. The van der Waals surface area contributed by atoms with Crippen LogP contribution in [0.3, 0.4) is 0 Å². The zero-order valence-corrected chi connectivity index (χ0v) is 12.1. The van der Waals surface area contributed by atoms with E-state index in [9.17, 15) is 0 Å². The van der Waals surface area contributed by atoms with Crippen molar-refractivity contribution in [2.24, 2.45) is 5.84 Å². The smallest absolute Gasteiger partial charge is 0.0727 e. The highest BCUT2D eigenvalue weighted by atomic mass is 15.2. The van der Waals surface area contributed by atoms with Crippen molar-refractivity contribution < 1.29 is 0 Å². The van der Waals surface area contributed by atoms with Crippen molar-refractivity contribution in [3.05, 3.63) is 77.5 Å². The summed E-state index contributed by atoms with van der Waals surface area (Å²) in [7, 11) is 0. The fourth-order valence-corrected chi connectivity index (χ4v) is 2.75. The van der Waals surface area contributed by atoms with Crippen LogP contribution in [0.2, 0.25) is 0 Å². The minimum absolute atomic E-state index is 0.0433. The van der Waals surface area contributed by atoms with Crippen LogP contribution >= 0.6 is 0 Å². The van der Waals surface area contributed by atoms with Gasteiger partial charge in [0.25, 0.3) is 0 Å². The minimum Gasteiger partial charge on any atom is -0.271 e. The van der Waals surface area contributed by atoms with Gasteiger partial charge in [0, 0.05) is 11.6 Å². The maximum atomic E-state index is 5.83. The van der Waals surface area contributed by atoms with Gasteiger partial charge in [0.2, 0.25) is 0 Å². The van der Waals surface area contributed by atoms with E-state index in [1.165, 1.54) is 11.1 Å². The van der Waals surface area contributed by atoms with E-state index in [1.807, 2.05) is 30.5 Å². The lowest BCUT2D eigenvalue weighted by Gasteiger charge is -2.20. The Morgan fingerprint density at radius 3 is 2.67 bits per heavy atom. The van der Waals surface area contributed by atoms with Crippen LogP contribution < -0.4 is 11.3 Å². The molecular formula is C18H19N3. The first-order valence-electron chi connectivity index (χ1n) is 7.22. The van der Waals surface area contributed by atoms with Crippen LogP contribution in [0.4, 0.5) is 0 Å². The van der Waals surface area contributed by atoms with E-state index in [4.69, 9.17) is 5.84 Å². The summed E-state index contributed by atoms with van der Waals surface area (Å²) in [6.45, 7) is 2.16. The van der Waals surface area contributed by atoms with Crippen molar-refractivity contribution in [3.63, 3.8) is 0 Å². The third kappa shape index (κ3) is 2.66. The molecule has 0 fully saturated rings. The average molecular weight is 277 g/mol. The topological polar surface area (TPSA) is 50.9 Å². The zero-order valence-electron chi connectivity index (χ0n) is 12.1. The molecule has 0 aliphatic rings. The average Bonchev–Trinajstić information content (AvgIpc) is 2.56. The molecule has 1 unspecified atom stereocenters. The van der Waals surface area contributed by atoms with Gasteiger partial charge in [-0.3, -0.25) is 10.8 Å². The molecule has 3 N–H and O–H groups in total. The molecule has 0 aliphatic carbocycles. The number of nitrogens with zero attached hydrogens (tertiary/aromatic N) is 1. The van der Waals surface area contributed by atoms with Gasteiger partial charge in [-0.05, 0) is 35.2 Å². The van der Waals surface area contributed by atoms with E-state index in [2.05, 4.69) is 47.7 Å². The number of rotatable bonds is 4. The molecule has 3 heteroatoms. The first-order chi connectivity index (χ1) is 10.3. The Morgan fingerprint density at radius 2 is 1.86 bits per heavy atom. The number of hydrogen-bond donors (Lipinski definition) is 2. The molecule has 21 heavy (non-hydrogen) atoms. The summed E-state index contributed by atoms with van der Waals surface area (Å²) in [4.78, 5) is 4.54. The maximum absolute atomic E-state index is 5.83. The molecule has 0 saturated heterocycles. The number of fused-ring (bicyclic) bond motifs is 1. The molecule has 1 heterocycles. The fourth-order valence-electron chi connectivity index (χ4n) is 2.75. The van der Waals surface area contributed by atoms with Crippen molar-refractivity contribution in [1.82, 2.24) is 10.4 Å². The first-order valence-corrected chi connectivity index (χ1v) is 7.22. The number of nitrogens with two attached hydrogens (primary N) is 1. The first kappa shape index (κ1) is 13.7. The van der Waals surface area contributed by atoms with Gasteiger partial charge in [-0.1, -0.05) is 49.4 Å². The Morgan fingerprint density at radius 1 is 1.10 bits per heavy atom. The Balaban J connectivity index is 2.09. The Labute approximate surface area is 124 Å². The van der Waals surface area contributed by atoms with Crippen molar-refractivity contribution in [2.75, 3.05) is 0 Å². The number of hydrogen-bond acceptors (Lipinski definition) is 3. The predicted octanol–water partition coefficient (Wildman–Crippen LogP) is 3.35. The largest absolute Gasteiger partial charge is 0.271 e. The molecule has 0 saturated carbocycles. The molecule has 3 nitrogen and oxygen atoms in total. The predicted molar refractivity (Wildman–Crippen MR) is 86.7 cm³/mol. The molecule has 106 valence electrons. The van der Waals surface area contributed by atoms with E-state index in [0.717, 1.165) is 22.9 Å². The molecule has 2 aromatic carbocycles. The summed E-state index contributed by atoms with van der Waals surface area (Å²) >= 11 is 0. The van der Waals surface area contributed by atoms with E-state index in [-0.39, 0.29) is 6.04 Å². The Hall–Kier alpha value is -2.23. The summed E-state index contributed by atoms with van der Waals surface area (Å²) < 4.78 is 0. The summed E-state index contributed by atoms with van der Waals surface area (Å²) in [5.41, 5.74) is 7.52. The second-order valence-electron chi connectivity index (χ2n) is 5.11. The standard InChI is InChI=1S/C18H19N3/c1-2-13-7-3-5-9-16(13)18(21-19)15-11-14-8-4-6-10-17(14)20-12-15/h3-12,18,21H,2,19H2,1H3. The second kappa shape index (κ2) is 6.04. The van der Waals surface area contributed by atoms with Crippen LogP contribution in [-0.2, 0) is 6.42 Å². The van der Waals surface area contributed by atoms with Crippen molar-refractivity contribution in [2.45, 2.75) is 19.4 Å². The minimum atomic E-state index is -0.0433. The van der Waals surface area contributed by atoms with Crippen LogP contribution in [0.15, 0.2) is 60.8 Å². The number of aryl methyl sites for hydroxylation is 1. The second-order valence-corrected chi connectivity index (χ2v) is 5.11. The molecular weight excluding hydrogens is 258 g/mol. The number of para-hydroxylation sites is 1. The summed E-state index contributed by atoms with van der Waals surface area (Å²) in [5.74, 6) is 5.83. The van der Waals surface area contributed by atoms with Gasteiger partial charge >= 0.3 is 0 Å². The lowest BCUT2D eigenvalue weighted by atomic mass is 9.94. The Bertz CT molecular complexity index is 752. The molecule has 0 bridgehead atoms. The zero-order chi connectivity index (χ0) is 14.7. The number of nitrogens with one attached hydrogen (secondary N) is 1. The number of hydrazine groups is 1. The van der Waals surface area contributed by atoms with Gasteiger partial charge in [0.05, 0.1) is 11.6 Å². The monoisotopic (exact) mass is 277 g/mol. The van der Waals surface area contributed by atoms with Gasteiger partial charge in [0.15, 0.2) is 0 Å². The van der Waals surface area contributed by atoms with Crippen LogP contribution in [-0.4, -0.2) is 4.98 Å². The maximum Gasteiger partial charge on any atom is 0.0727 e. The Kier molecular flexibility index (Phi) is 3.95. The fraction of sp³-hybridized carbons (Fsp3) is 0.167. The molecule has 1 aromatic heterocycles. The van der Waals surface area contributed by atoms with Gasteiger partial charge in [-0.25, -0.2) is 5.43 Å². The number of aromatic nitrogens is 1. The number of benzene rings is 2. The molecule has 0 spiro atoms. The summed E-state index contributed by atoms with van der Waals surface area (Å²) in [5, 5.41) is 1.13. The highest BCUT2D eigenvalue weighted by Crippen LogP contribution is 2.26. The van der Waals surface area contributed by atoms with E-state index < -0.39 is 0 Å². The van der Waals surface area contributed by atoms with Gasteiger partial charge in [-0.15, -0.1) is 0 Å². The molecule has 0 amide bonds. The number of pyridine rings is 1. The third-order valence-corrected chi connectivity index (χ3v) is 3.86. The van der Waals surface area contributed by atoms with E-state index >= 15 is 0 Å². The van der Waals surface area contributed by atoms with Crippen molar-refractivity contribution >= 4 is 10.9 Å². The SMILES string of the molecule is CCc1ccccc1C(NN)c1cnc2ccccc2c1. The van der Waals surface area contributed by atoms with Gasteiger partial charge in [0.1, 0.15) is 0 Å². The molecule has 0 aliphatic heterocycles.